The zero-order valence-corrected chi connectivity index (χ0v) is 13.4. The van der Waals surface area contributed by atoms with Crippen LogP contribution in [0.2, 0.25) is 0 Å². The van der Waals surface area contributed by atoms with Gasteiger partial charge in [-0.05, 0) is 18.9 Å². The van der Waals surface area contributed by atoms with E-state index in [4.69, 9.17) is 4.74 Å². The molecule has 1 aromatic rings. The van der Waals surface area contributed by atoms with Crippen LogP contribution in [0.5, 0.6) is 11.5 Å². The van der Waals surface area contributed by atoms with E-state index in [0.29, 0.717) is 24.0 Å². The predicted molar refractivity (Wildman–Crippen MR) is 85.9 cm³/mol. The summed E-state index contributed by atoms with van der Waals surface area (Å²) in [4.78, 5) is 2.48. The number of piperazine rings is 1. The van der Waals surface area contributed by atoms with E-state index in [1.807, 2.05) is 25.1 Å². The largest absolute Gasteiger partial charge is 0.504 e. The van der Waals surface area contributed by atoms with Gasteiger partial charge < -0.3 is 15.2 Å². The Balaban J connectivity index is 2.33. The lowest BCUT2D eigenvalue weighted by Crippen LogP contribution is -2.46. The topological polar surface area (TPSA) is 44.7 Å². The maximum absolute atomic E-state index is 10.6. The first-order valence-corrected chi connectivity index (χ1v) is 8.08. The molecular formula is C17H28N2O2. The first-order valence-electron chi connectivity index (χ1n) is 8.08. The standard InChI is InChI=1S/C17H28N2O2/c1-4-13(3)16(19-11-9-18-10-12-19)14-7-6-8-15(17(14)20)21-5-2/h6-8,13,16,18,20H,4-5,9-12H2,1-3H3/t13?,16-/m0/s1. The third kappa shape index (κ3) is 3.69. The average molecular weight is 292 g/mol. The Morgan fingerprint density at radius 3 is 2.62 bits per heavy atom. The maximum Gasteiger partial charge on any atom is 0.162 e. The minimum atomic E-state index is 0.248. The molecule has 0 radical (unpaired) electrons. The summed E-state index contributed by atoms with van der Waals surface area (Å²) in [6.07, 6.45) is 1.09. The van der Waals surface area contributed by atoms with Gasteiger partial charge in [0, 0.05) is 37.8 Å². The quantitative estimate of drug-likeness (QED) is 0.846. The van der Waals surface area contributed by atoms with Crippen molar-refractivity contribution in [1.82, 2.24) is 10.2 Å². The van der Waals surface area contributed by atoms with E-state index in [0.717, 1.165) is 38.2 Å². The van der Waals surface area contributed by atoms with Gasteiger partial charge in [0.05, 0.1) is 6.61 Å². The van der Waals surface area contributed by atoms with Crippen LogP contribution < -0.4 is 10.1 Å². The lowest BCUT2D eigenvalue weighted by molar-refractivity contribution is 0.125. The number of ether oxygens (including phenoxy) is 1. The summed E-state index contributed by atoms with van der Waals surface area (Å²) in [5, 5.41) is 14.0. The normalized spacial score (nSPS) is 19.2. The highest BCUT2D eigenvalue weighted by Gasteiger charge is 2.29. The highest BCUT2D eigenvalue weighted by atomic mass is 16.5. The first kappa shape index (κ1) is 16.1. The van der Waals surface area contributed by atoms with Crippen LogP contribution in [0.4, 0.5) is 0 Å². The molecule has 0 aromatic heterocycles. The van der Waals surface area contributed by atoms with Crippen molar-refractivity contribution in [3.8, 4) is 11.5 Å². The molecule has 4 heteroatoms. The third-order valence-corrected chi connectivity index (χ3v) is 4.38. The Morgan fingerprint density at radius 1 is 1.29 bits per heavy atom. The van der Waals surface area contributed by atoms with Crippen LogP contribution in [0.1, 0.15) is 38.8 Å². The number of phenols is 1. The molecule has 4 nitrogen and oxygen atoms in total. The van der Waals surface area contributed by atoms with Crippen molar-refractivity contribution in [3.05, 3.63) is 23.8 Å². The molecular weight excluding hydrogens is 264 g/mol. The molecule has 118 valence electrons. The number of phenolic OH excluding ortho intramolecular Hbond substituents is 1. The van der Waals surface area contributed by atoms with Gasteiger partial charge in [-0.2, -0.15) is 0 Å². The van der Waals surface area contributed by atoms with Crippen LogP contribution in [0.3, 0.4) is 0 Å². The van der Waals surface area contributed by atoms with Gasteiger partial charge in [-0.15, -0.1) is 0 Å². The lowest BCUT2D eigenvalue weighted by atomic mass is 9.89. The molecule has 21 heavy (non-hydrogen) atoms. The molecule has 1 unspecified atom stereocenters. The van der Waals surface area contributed by atoms with Gasteiger partial charge in [-0.1, -0.05) is 32.4 Å². The van der Waals surface area contributed by atoms with Crippen molar-refractivity contribution in [3.63, 3.8) is 0 Å². The Kier molecular flexibility index (Phi) is 5.88. The molecule has 2 atom stereocenters. The Morgan fingerprint density at radius 2 is 2.00 bits per heavy atom. The van der Waals surface area contributed by atoms with Crippen LogP contribution in [0, 0.1) is 5.92 Å². The van der Waals surface area contributed by atoms with Crippen molar-refractivity contribution in [2.75, 3.05) is 32.8 Å². The second-order valence-corrected chi connectivity index (χ2v) is 5.74. The minimum Gasteiger partial charge on any atom is -0.504 e. The number of para-hydroxylation sites is 1. The first-order chi connectivity index (χ1) is 10.2. The van der Waals surface area contributed by atoms with Gasteiger partial charge in [-0.25, -0.2) is 0 Å². The van der Waals surface area contributed by atoms with Crippen molar-refractivity contribution < 1.29 is 9.84 Å². The van der Waals surface area contributed by atoms with E-state index in [1.54, 1.807) is 0 Å². The van der Waals surface area contributed by atoms with Crippen LogP contribution >= 0.6 is 0 Å². The Hall–Kier alpha value is -1.26. The number of hydrogen-bond donors (Lipinski definition) is 2. The highest BCUT2D eigenvalue weighted by Crippen LogP contribution is 2.40. The monoisotopic (exact) mass is 292 g/mol. The van der Waals surface area contributed by atoms with E-state index in [-0.39, 0.29) is 6.04 Å². The van der Waals surface area contributed by atoms with Gasteiger partial charge in [0.1, 0.15) is 0 Å². The van der Waals surface area contributed by atoms with Gasteiger partial charge in [-0.3, -0.25) is 4.90 Å². The van der Waals surface area contributed by atoms with Crippen molar-refractivity contribution in [2.45, 2.75) is 33.2 Å². The van der Waals surface area contributed by atoms with Crippen LogP contribution in [-0.2, 0) is 0 Å². The summed E-state index contributed by atoms with van der Waals surface area (Å²) in [7, 11) is 0. The second kappa shape index (κ2) is 7.66. The molecule has 1 aliphatic heterocycles. The molecule has 1 heterocycles. The fourth-order valence-corrected chi connectivity index (χ4v) is 3.10. The van der Waals surface area contributed by atoms with Crippen LogP contribution in [0.15, 0.2) is 18.2 Å². The van der Waals surface area contributed by atoms with Crippen LogP contribution in [-0.4, -0.2) is 42.8 Å². The summed E-state index contributed by atoms with van der Waals surface area (Å²) < 4.78 is 5.55. The van der Waals surface area contributed by atoms with Gasteiger partial charge in [0.25, 0.3) is 0 Å². The molecule has 0 aliphatic carbocycles. The molecule has 1 saturated heterocycles. The van der Waals surface area contributed by atoms with Gasteiger partial charge in [0.2, 0.25) is 0 Å². The molecule has 0 amide bonds. The predicted octanol–water partition coefficient (Wildman–Crippen LogP) is 2.78. The third-order valence-electron chi connectivity index (χ3n) is 4.38. The molecule has 0 spiro atoms. The molecule has 0 saturated carbocycles. The molecule has 1 aliphatic rings. The van der Waals surface area contributed by atoms with Crippen LogP contribution in [0.25, 0.3) is 0 Å². The number of nitrogens with one attached hydrogen (secondary N) is 1. The molecule has 1 aromatic carbocycles. The van der Waals surface area contributed by atoms with E-state index in [2.05, 4.69) is 24.1 Å². The van der Waals surface area contributed by atoms with E-state index < -0.39 is 0 Å². The van der Waals surface area contributed by atoms with Crippen molar-refractivity contribution in [2.24, 2.45) is 5.92 Å². The zero-order valence-electron chi connectivity index (χ0n) is 13.4. The van der Waals surface area contributed by atoms with E-state index in [1.165, 1.54) is 0 Å². The van der Waals surface area contributed by atoms with Gasteiger partial charge >= 0.3 is 0 Å². The molecule has 0 bridgehead atoms. The minimum absolute atomic E-state index is 0.248. The highest BCUT2D eigenvalue weighted by molar-refractivity contribution is 5.47. The summed E-state index contributed by atoms with van der Waals surface area (Å²) in [6, 6.07) is 6.11. The summed E-state index contributed by atoms with van der Waals surface area (Å²) >= 11 is 0. The average Bonchev–Trinajstić information content (AvgIpc) is 2.52. The maximum atomic E-state index is 10.6. The Bertz CT molecular complexity index is 444. The summed E-state index contributed by atoms with van der Waals surface area (Å²) in [6.45, 7) is 11.0. The van der Waals surface area contributed by atoms with E-state index in [9.17, 15) is 5.11 Å². The number of aromatic hydroxyl groups is 1. The number of nitrogens with zero attached hydrogens (tertiary/aromatic N) is 1. The second-order valence-electron chi connectivity index (χ2n) is 5.74. The number of rotatable bonds is 6. The fourth-order valence-electron chi connectivity index (χ4n) is 3.10. The number of benzene rings is 1. The molecule has 2 rings (SSSR count). The SMILES string of the molecule is CCOc1cccc([C@H](C(C)CC)N2CCNCC2)c1O. The molecule has 2 N–H and O–H groups in total. The molecule has 1 fully saturated rings. The van der Waals surface area contributed by atoms with Crippen molar-refractivity contribution in [1.29, 1.82) is 0 Å². The smallest absolute Gasteiger partial charge is 0.162 e. The zero-order chi connectivity index (χ0) is 15.2. The Labute approximate surface area is 128 Å². The number of hydrogen-bond acceptors (Lipinski definition) is 4. The lowest BCUT2D eigenvalue weighted by Gasteiger charge is -2.38. The summed E-state index contributed by atoms with van der Waals surface area (Å²) in [5.41, 5.74) is 0.997. The summed E-state index contributed by atoms with van der Waals surface area (Å²) in [5.74, 6) is 1.40. The van der Waals surface area contributed by atoms with Crippen molar-refractivity contribution >= 4 is 0 Å². The van der Waals surface area contributed by atoms with Gasteiger partial charge in [0.15, 0.2) is 11.5 Å². The van der Waals surface area contributed by atoms with E-state index >= 15 is 0 Å². The fraction of sp³-hybridized carbons (Fsp3) is 0.647.